The molecular formula is C12H19NO3. The summed E-state index contributed by atoms with van der Waals surface area (Å²) in [5, 5.41) is 21.8. The summed E-state index contributed by atoms with van der Waals surface area (Å²) < 4.78 is 4.82. The van der Waals surface area contributed by atoms with E-state index in [0.717, 1.165) is 5.56 Å². The SMILES string of the molecule is COCC(O)CNC(CO)c1ccccc1. The molecule has 0 aliphatic heterocycles. The lowest BCUT2D eigenvalue weighted by Gasteiger charge is -2.18. The van der Waals surface area contributed by atoms with Crippen LogP contribution in [0.5, 0.6) is 0 Å². The van der Waals surface area contributed by atoms with E-state index in [1.807, 2.05) is 30.3 Å². The van der Waals surface area contributed by atoms with Gasteiger partial charge < -0.3 is 20.3 Å². The summed E-state index contributed by atoms with van der Waals surface area (Å²) in [4.78, 5) is 0. The highest BCUT2D eigenvalue weighted by Gasteiger charge is 2.11. The average molecular weight is 225 g/mol. The molecule has 90 valence electrons. The fraction of sp³-hybridized carbons (Fsp3) is 0.500. The first kappa shape index (κ1) is 13.1. The molecule has 0 radical (unpaired) electrons. The molecule has 2 unspecified atom stereocenters. The number of nitrogens with one attached hydrogen (secondary N) is 1. The molecule has 0 amide bonds. The standard InChI is InChI=1S/C12H19NO3/c1-16-9-11(15)7-13-12(8-14)10-5-3-2-4-6-10/h2-6,11-15H,7-9H2,1H3. The maximum atomic E-state index is 9.47. The minimum absolute atomic E-state index is 0.00369. The van der Waals surface area contributed by atoms with E-state index in [0.29, 0.717) is 13.2 Å². The molecular weight excluding hydrogens is 206 g/mol. The third-order valence-electron chi connectivity index (χ3n) is 2.34. The Labute approximate surface area is 95.9 Å². The summed E-state index contributed by atoms with van der Waals surface area (Å²) in [5.41, 5.74) is 1.01. The molecule has 1 aromatic carbocycles. The summed E-state index contributed by atoms with van der Waals surface area (Å²) in [5.74, 6) is 0. The van der Waals surface area contributed by atoms with Crippen molar-refractivity contribution in [2.75, 3.05) is 26.9 Å². The fourth-order valence-corrected chi connectivity index (χ4v) is 1.50. The quantitative estimate of drug-likeness (QED) is 0.625. The molecule has 4 nitrogen and oxygen atoms in total. The van der Waals surface area contributed by atoms with Crippen LogP contribution in [-0.4, -0.2) is 43.2 Å². The number of aliphatic hydroxyl groups is 2. The van der Waals surface area contributed by atoms with Gasteiger partial charge in [-0.2, -0.15) is 0 Å². The van der Waals surface area contributed by atoms with Crippen molar-refractivity contribution in [1.82, 2.24) is 5.32 Å². The van der Waals surface area contributed by atoms with Crippen LogP contribution in [0.4, 0.5) is 0 Å². The topological polar surface area (TPSA) is 61.7 Å². The number of ether oxygens (including phenoxy) is 1. The maximum absolute atomic E-state index is 9.47. The third-order valence-corrected chi connectivity index (χ3v) is 2.34. The Morgan fingerprint density at radius 1 is 1.31 bits per heavy atom. The summed E-state index contributed by atoms with van der Waals surface area (Å²) in [6.07, 6.45) is -0.553. The average Bonchev–Trinajstić information content (AvgIpc) is 2.31. The molecule has 0 saturated heterocycles. The first-order valence-electron chi connectivity index (χ1n) is 5.34. The van der Waals surface area contributed by atoms with Gasteiger partial charge in [-0.3, -0.25) is 0 Å². The van der Waals surface area contributed by atoms with Crippen molar-refractivity contribution in [2.24, 2.45) is 0 Å². The van der Waals surface area contributed by atoms with E-state index in [1.165, 1.54) is 0 Å². The van der Waals surface area contributed by atoms with E-state index in [-0.39, 0.29) is 12.6 Å². The Balaban J connectivity index is 2.44. The van der Waals surface area contributed by atoms with Gasteiger partial charge in [-0.25, -0.2) is 0 Å². The van der Waals surface area contributed by atoms with Crippen molar-refractivity contribution in [2.45, 2.75) is 12.1 Å². The van der Waals surface area contributed by atoms with Crippen LogP contribution < -0.4 is 5.32 Å². The third kappa shape index (κ3) is 4.28. The zero-order valence-electron chi connectivity index (χ0n) is 9.47. The monoisotopic (exact) mass is 225 g/mol. The van der Waals surface area contributed by atoms with Gasteiger partial charge in [-0.05, 0) is 5.56 Å². The first-order chi connectivity index (χ1) is 7.77. The van der Waals surface area contributed by atoms with Crippen LogP contribution in [-0.2, 0) is 4.74 Å². The summed E-state index contributed by atoms with van der Waals surface area (Å²) in [6.45, 7) is 0.692. The zero-order valence-corrected chi connectivity index (χ0v) is 9.47. The van der Waals surface area contributed by atoms with Gasteiger partial charge in [0, 0.05) is 13.7 Å². The number of hydrogen-bond acceptors (Lipinski definition) is 4. The largest absolute Gasteiger partial charge is 0.394 e. The van der Waals surface area contributed by atoms with Gasteiger partial charge in [-0.15, -0.1) is 0 Å². The predicted octanol–water partition coefficient (Wildman–Crippen LogP) is 0.317. The summed E-state index contributed by atoms with van der Waals surface area (Å²) in [6, 6.07) is 9.51. The lowest BCUT2D eigenvalue weighted by atomic mass is 10.1. The van der Waals surface area contributed by atoms with Crippen LogP contribution in [0.2, 0.25) is 0 Å². The molecule has 0 aromatic heterocycles. The minimum Gasteiger partial charge on any atom is -0.394 e. The van der Waals surface area contributed by atoms with Gasteiger partial charge in [-0.1, -0.05) is 30.3 Å². The Morgan fingerprint density at radius 3 is 2.56 bits per heavy atom. The Morgan fingerprint density at radius 2 is 2.00 bits per heavy atom. The second kappa shape index (κ2) is 7.35. The van der Waals surface area contributed by atoms with E-state index in [2.05, 4.69) is 5.32 Å². The molecule has 0 aliphatic rings. The van der Waals surface area contributed by atoms with E-state index in [9.17, 15) is 10.2 Å². The molecule has 0 fully saturated rings. The van der Waals surface area contributed by atoms with Gasteiger partial charge in [0.15, 0.2) is 0 Å². The minimum atomic E-state index is -0.553. The van der Waals surface area contributed by atoms with Crippen molar-refractivity contribution in [3.63, 3.8) is 0 Å². The van der Waals surface area contributed by atoms with Gasteiger partial charge >= 0.3 is 0 Å². The van der Waals surface area contributed by atoms with E-state index >= 15 is 0 Å². The number of benzene rings is 1. The molecule has 0 saturated carbocycles. The van der Waals surface area contributed by atoms with Gasteiger partial charge in [0.1, 0.15) is 0 Å². The van der Waals surface area contributed by atoms with Crippen molar-refractivity contribution in [3.8, 4) is 0 Å². The van der Waals surface area contributed by atoms with Crippen molar-refractivity contribution in [3.05, 3.63) is 35.9 Å². The number of hydrogen-bond donors (Lipinski definition) is 3. The van der Waals surface area contributed by atoms with Crippen LogP contribution in [0.1, 0.15) is 11.6 Å². The van der Waals surface area contributed by atoms with E-state index in [1.54, 1.807) is 7.11 Å². The second-order valence-corrected chi connectivity index (χ2v) is 3.66. The molecule has 1 aromatic rings. The normalized spacial score (nSPS) is 14.7. The molecule has 0 spiro atoms. The highest BCUT2D eigenvalue weighted by Crippen LogP contribution is 2.11. The summed E-state index contributed by atoms with van der Waals surface area (Å²) in [7, 11) is 1.55. The number of aliphatic hydroxyl groups excluding tert-OH is 2. The molecule has 3 N–H and O–H groups in total. The number of rotatable bonds is 7. The first-order valence-corrected chi connectivity index (χ1v) is 5.34. The molecule has 2 atom stereocenters. The molecule has 4 heteroatoms. The molecule has 1 rings (SSSR count). The molecule has 16 heavy (non-hydrogen) atoms. The predicted molar refractivity (Wildman–Crippen MR) is 62.2 cm³/mol. The van der Waals surface area contributed by atoms with Crippen LogP contribution in [0.25, 0.3) is 0 Å². The summed E-state index contributed by atoms with van der Waals surface area (Å²) >= 11 is 0. The lowest BCUT2D eigenvalue weighted by molar-refractivity contribution is 0.0608. The molecule has 0 heterocycles. The zero-order chi connectivity index (χ0) is 11.8. The number of methoxy groups -OCH3 is 1. The molecule has 0 bridgehead atoms. The van der Waals surface area contributed by atoms with Gasteiger partial charge in [0.2, 0.25) is 0 Å². The van der Waals surface area contributed by atoms with Crippen molar-refractivity contribution in [1.29, 1.82) is 0 Å². The second-order valence-electron chi connectivity index (χ2n) is 3.66. The van der Waals surface area contributed by atoms with E-state index < -0.39 is 6.10 Å². The van der Waals surface area contributed by atoms with Crippen molar-refractivity contribution < 1.29 is 14.9 Å². The van der Waals surface area contributed by atoms with E-state index in [4.69, 9.17) is 4.74 Å². The molecule has 0 aliphatic carbocycles. The van der Waals surface area contributed by atoms with Crippen LogP contribution in [0.3, 0.4) is 0 Å². The van der Waals surface area contributed by atoms with Crippen LogP contribution >= 0.6 is 0 Å². The Kier molecular flexibility index (Phi) is 6.03. The smallest absolute Gasteiger partial charge is 0.0897 e. The maximum Gasteiger partial charge on any atom is 0.0897 e. The van der Waals surface area contributed by atoms with Gasteiger partial charge in [0.25, 0.3) is 0 Å². The lowest BCUT2D eigenvalue weighted by Crippen LogP contribution is -2.34. The highest BCUT2D eigenvalue weighted by molar-refractivity contribution is 5.18. The van der Waals surface area contributed by atoms with Crippen LogP contribution in [0.15, 0.2) is 30.3 Å². The van der Waals surface area contributed by atoms with Crippen LogP contribution in [0, 0.1) is 0 Å². The van der Waals surface area contributed by atoms with Gasteiger partial charge in [0.05, 0.1) is 25.4 Å². The Bertz CT molecular complexity index is 279. The highest BCUT2D eigenvalue weighted by atomic mass is 16.5. The Hall–Kier alpha value is -0.940. The van der Waals surface area contributed by atoms with Crippen molar-refractivity contribution >= 4 is 0 Å². The fourth-order valence-electron chi connectivity index (χ4n) is 1.50.